The van der Waals surface area contributed by atoms with E-state index in [1.165, 1.54) is 9.21 Å². The molecule has 1 N–H and O–H groups in total. The number of urea groups is 1. The molecule has 0 spiro atoms. The standard InChI is InChI=1S/C18H24N4O5S/c1-13-4-6-14(7-5-13)18(2)16(24)22(17(25)19-18)12-15(23)20-8-10-21(11-9-20)28(3,26)27/h4-7H,8-12H2,1-3H3,(H,19,25). The molecule has 0 saturated carbocycles. The lowest BCUT2D eigenvalue weighted by molar-refractivity contribution is -0.139. The van der Waals surface area contributed by atoms with Crippen LogP contribution < -0.4 is 5.32 Å². The summed E-state index contributed by atoms with van der Waals surface area (Å²) in [5.74, 6) is -0.866. The highest BCUT2D eigenvalue weighted by molar-refractivity contribution is 7.88. The number of hydrogen-bond donors (Lipinski definition) is 1. The van der Waals surface area contributed by atoms with Gasteiger partial charge in [0, 0.05) is 26.2 Å². The second-order valence-electron chi connectivity index (χ2n) is 7.36. The van der Waals surface area contributed by atoms with Gasteiger partial charge in [-0.2, -0.15) is 4.31 Å². The summed E-state index contributed by atoms with van der Waals surface area (Å²) < 4.78 is 24.4. The van der Waals surface area contributed by atoms with Crippen LogP contribution in [0.5, 0.6) is 0 Å². The van der Waals surface area contributed by atoms with Crippen LogP contribution in [0.25, 0.3) is 0 Å². The number of sulfonamides is 1. The highest BCUT2D eigenvalue weighted by Gasteiger charge is 2.49. The van der Waals surface area contributed by atoms with Crippen molar-refractivity contribution in [2.24, 2.45) is 0 Å². The zero-order valence-electron chi connectivity index (χ0n) is 16.1. The molecule has 2 aliphatic rings. The third kappa shape index (κ3) is 3.74. The number of hydrogen-bond acceptors (Lipinski definition) is 5. The molecule has 9 nitrogen and oxygen atoms in total. The third-order valence-electron chi connectivity index (χ3n) is 5.26. The van der Waals surface area contributed by atoms with E-state index in [0.29, 0.717) is 5.56 Å². The molecule has 1 aromatic carbocycles. The molecule has 0 aliphatic carbocycles. The number of nitrogens with one attached hydrogen (secondary N) is 1. The van der Waals surface area contributed by atoms with Gasteiger partial charge in [-0.15, -0.1) is 0 Å². The van der Waals surface area contributed by atoms with Crippen molar-refractivity contribution < 1.29 is 22.8 Å². The van der Waals surface area contributed by atoms with Crippen LogP contribution in [-0.2, 0) is 25.2 Å². The topological polar surface area (TPSA) is 107 Å². The molecule has 1 aromatic rings. The Morgan fingerprint density at radius 3 is 2.21 bits per heavy atom. The summed E-state index contributed by atoms with van der Waals surface area (Å²) in [6.45, 7) is 4.03. The largest absolute Gasteiger partial charge is 0.338 e. The maximum atomic E-state index is 12.9. The van der Waals surface area contributed by atoms with Crippen molar-refractivity contribution >= 4 is 27.9 Å². The average Bonchev–Trinajstić information content (AvgIpc) is 2.85. The van der Waals surface area contributed by atoms with Crippen LogP contribution in [0.4, 0.5) is 4.79 Å². The van der Waals surface area contributed by atoms with E-state index >= 15 is 0 Å². The van der Waals surface area contributed by atoms with Gasteiger partial charge in [-0.1, -0.05) is 29.8 Å². The van der Waals surface area contributed by atoms with Gasteiger partial charge in [0.15, 0.2) is 0 Å². The molecule has 2 fully saturated rings. The number of benzene rings is 1. The molecule has 10 heteroatoms. The van der Waals surface area contributed by atoms with Gasteiger partial charge in [-0.25, -0.2) is 13.2 Å². The van der Waals surface area contributed by atoms with E-state index in [0.717, 1.165) is 16.7 Å². The number of carbonyl (C=O) groups excluding carboxylic acids is 3. The summed E-state index contributed by atoms with van der Waals surface area (Å²) in [4.78, 5) is 40.3. The van der Waals surface area contributed by atoms with Crippen molar-refractivity contribution in [2.45, 2.75) is 19.4 Å². The lowest BCUT2D eigenvalue weighted by Gasteiger charge is -2.33. The number of piperazine rings is 1. The highest BCUT2D eigenvalue weighted by Crippen LogP contribution is 2.29. The van der Waals surface area contributed by atoms with Gasteiger partial charge in [-0.3, -0.25) is 14.5 Å². The number of imide groups is 1. The van der Waals surface area contributed by atoms with E-state index < -0.39 is 27.5 Å². The van der Waals surface area contributed by atoms with E-state index in [-0.39, 0.29) is 38.6 Å². The maximum absolute atomic E-state index is 12.9. The second kappa shape index (κ2) is 7.17. The fourth-order valence-corrected chi connectivity index (χ4v) is 4.25. The van der Waals surface area contributed by atoms with Crippen LogP contribution in [0.15, 0.2) is 24.3 Å². The second-order valence-corrected chi connectivity index (χ2v) is 9.34. The van der Waals surface area contributed by atoms with Crippen molar-refractivity contribution in [3.8, 4) is 0 Å². The molecule has 3 rings (SSSR count). The predicted octanol–water partition coefficient (Wildman–Crippen LogP) is -0.134. The Balaban J connectivity index is 1.68. The minimum absolute atomic E-state index is 0.200. The smallest absolute Gasteiger partial charge is 0.325 e. The fraction of sp³-hybridized carbons (Fsp3) is 0.500. The summed E-state index contributed by atoms with van der Waals surface area (Å²) in [6, 6.07) is 6.66. The van der Waals surface area contributed by atoms with Crippen molar-refractivity contribution in [3.05, 3.63) is 35.4 Å². The van der Waals surface area contributed by atoms with Crippen molar-refractivity contribution in [3.63, 3.8) is 0 Å². The van der Waals surface area contributed by atoms with Crippen molar-refractivity contribution in [1.82, 2.24) is 19.4 Å². The molecule has 0 aromatic heterocycles. The van der Waals surface area contributed by atoms with E-state index in [2.05, 4.69) is 5.32 Å². The van der Waals surface area contributed by atoms with Crippen LogP contribution in [0.2, 0.25) is 0 Å². The van der Waals surface area contributed by atoms with Gasteiger partial charge in [-0.05, 0) is 19.4 Å². The molecule has 2 saturated heterocycles. The number of rotatable bonds is 4. The van der Waals surface area contributed by atoms with E-state index in [1.54, 1.807) is 19.1 Å². The first-order valence-corrected chi connectivity index (χ1v) is 10.8. The summed E-state index contributed by atoms with van der Waals surface area (Å²) in [5, 5.41) is 2.68. The minimum Gasteiger partial charge on any atom is -0.338 e. The lowest BCUT2D eigenvalue weighted by atomic mass is 9.91. The Bertz CT molecular complexity index is 906. The number of aryl methyl sites for hydroxylation is 1. The van der Waals surface area contributed by atoms with Crippen LogP contribution in [-0.4, -0.2) is 79.3 Å². The van der Waals surface area contributed by atoms with Gasteiger partial charge in [0.1, 0.15) is 12.1 Å². The normalized spacial score (nSPS) is 23.8. The van der Waals surface area contributed by atoms with Crippen molar-refractivity contribution in [1.29, 1.82) is 0 Å². The molecule has 152 valence electrons. The monoisotopic (exact) mass is 408 g/mol. The molecule has 0 radical (unpaired) electrons. The first-order valence-electron chi connectivity index (χ1n) is 8.96. The Hall–Kier alpha value is -2.46. The molecule has 1 atom stereocenters. The number of carbonyl (C=O) groups is 3. The molecule has 0 bridgehead atoms. The lowest BCUT2D eigenvalue weighted by Crippen LogP contribution is -2.53. The Morgan fingerprint density at radius 1 is 1.11 bits per heavy atom. The Labute approximate surface area is 164 Å². The SMILES string of the molecule is Cc1ccc(C2(C)NC(=O)N(CC(=O)N3CCN(S(C)(=O)=O)CC3)C2=O)cc1. The van der Waals surface area contributed by atoms with Crippen LogP contribution in [0.1, 0.15) is 18.1 Å². The van der Waals surface area contributed by atoms with Gasteiger partial charge >= 0.3 is 6.03 Å². The highest BCUT2D eigenvalue weighted by atomic mass is 32.2. The Kier molecular flexibility index (Phi) is 5.20. The first-order chi connectivity index (χ1) is 13.0. The zero-order valence-corrected chi connectivity index (χ0v) is 17.0. The maximum Gasteiger partial charge on any atom is 0.325 e. The van der Waals surface area contributed by atoms with Gasteiger partial charge in [0.05, 0.1) is 6.26 Å². The molecule has 2 aliphatic heterocycles. The summed E-state index contributed by atoms with van der Waals surface area (Å²) in [7, 11) is -3.30. The van der Waals surface area contributed by atoms with Gasteiger partial charge in [0.2, 0.25) is 15.9 Å². The minimum atomic E-state index is -3.30. The van der Waals surface area contributed by atoms with Crippen molar-refractivity contribution in [2.75, 3.05) is 39.0 Å². The number of nitrogens with zero attached hydrogens (tertiary/aromatic N) is 3. The predicted molar refractivity (Wildman–Crippen MR) is 102 cm³/mol. The quantitative estimate of drug-likeness (QED) is 0.698. The molecule has 2 heterocycles. The fourth-order valence-electron chi connectivity index (χ4n) is 3.43. The molecule has 1 unspecified atom stereocenters. The van der Waals surface area contributed by atoms with Gasteiger partial charge < -0.3 is 10.2 Å². The summed E-state index contributed by atoms with van der Waals surface area (Å²) in [5.41, 5.74) is 0.456. The Morgan fingerprint density at radius 2 is 1.68 bits per heavy atom. The summed E-state index contributed by atoms with van der Waals surface area (Å²) in [6.07, 6.45) is 1.13. The zero-order chi connectivity index (χ0) is 20.7. The third-order valence-corrected chi connectivity index (χ3v) is 6.56. The van der Waals surface area contributed by atoms with E-state index in [9.17, 15) is 22.8 Å². The van der Waals surface area contributed by atoms with Crippen LogP contribution in [0, 0.1) is 6.92 Å². The molecule has 28 heavy (non-hydrogen) atoms. The van der Waals surface area contributed by atoms with Gasteiger partial charge in [0.25, 0.3) is 5.91 Å². The number of amides is 4. The molecule has 4 amide bonds. The van der Waals surface area contributed by atoms with E-state index in [4.69, 9.17) is 0 Å². The molecular weight excluding hydrogens is 384 g/mol. The van der Waals surface area contributed by atoms with Crippen LogP contribution in [0.3, 0.4) is 0 Å². The first kappa shape index (κ1) is 20.3. The average molecular weight is 408 g/mol. The molecular formula is C18H24N4O5S. The van der Waals surface area contributed by atoms with E-state index in [1.807, 2.05) is 19.1 Å². The van der Waals surface area contributed by atoms with Crippen LogP contribution >= 0.6 is 0 Å². The summed E-state index contributed by atoms with van der Waals surface area (Å²) >= 11 is 0.